The van der Waals surface area contributed by atoms with Gasteiger partial charge in [-0.2, -0.15) is 5.10 Å². The number of benzene rings is 2. The maximum atomic E-state index is 13.7. The molecule has 5 nitrogen and oxygen atoms in total. The van der Waals surface area contributed by atoms with E-state index in [4.69, 9.17) is 0 Å². The van der Waals surface area contributed by atoms with Gasteiger partial charge in [0.25, 0.3) is 0 Å². The first-order valence-electron chi connectivity index (χ1n) is 8.88. The number of likely N-dealkylation sites (N-methyl/N-ethyl adjacent to an activating group) is 1. The molecule has 1 amide bonds. The summed E-state index contributed by atoms with van der Waals surface area (Å²) in [6, 6.07) is 12.7. The van der Waals surface area contributed by atoms with Gasteiger partial charge in [-0.05, 0) is 34.7 Å². The number of aromatic nitrogens is 3. The number of carbonyl (C=O) groups excluding carboxylic acids is 1. The lowest BCUT2D eigenvalue weighted by molar-refractivity contribution is -0.129. The van der Waals surface area contributed by atoms with Crippen LogP contribution in [0.25, 0.3) is 33.0 Å². The van der Waals surface area contributed by atoms with Crippen LogP contribution in [0.4, 0.5) is 4.39 Å². The monoisotopic (exact) mass is 374 g/mol. The second kappa shape index (κ2) is 7.23. The Hall–Kier alpha value is -3.54. The molecule has 0 fully saturated rings. The van der Waals surface area contributed by atoms with Crippen molar-refractivity contribution in [2.45, 2.75) is 6.54 Å². The Bertz CT molecular complexity index is 1150. The summed E-state index contributed by atoms with van der Waals surface area (Å²) in [5.74, 6) is -0.281. The van der Waals surface area contributed by atoms with Gasteiger partial charge in [-0.3, -0.25) is 14.5 Å². The Morgan fingerprint density at radius 1 is 1.00 bits per heavy atom. The van der Waals surface area contributed by atoms with Gasteiger partial charge in [0.15, 0.2) is 0 Å². The van der Waals surface area contributed by atoms with E-state index in [1.165, 1.54) is 17.0 Å². The van der Waals surface area contributed by atoms with Crippen molar-refractivity contribution in [2.24, 2.45) is 0 Å². The van der Waals surface area contributed by atoms with E-state index in [0.29, 0.717) is 0 Å². The minimum atomic E-state index is -0.267. The van der Waals surface area contributed by atoms with Gasteiger partial charge < -0.3 is 4.90 Å². The molecule has 4 aromatic rings. The minimum Gasteiger partial charge on any atom is -0.347 e. The quantitative estimate of drug-likeness (QED) is 0.543. The van der Waals surface area contributed by atoms with Crippen molar-refractivity contribution in [3.63, 3.8) is 0 Å². The van der Waals surface area contributed by atoms with Crippen LogP contribution in [-0.4, -0.2) is 39.7 Å². The molecule has 0 aliphatic carbocycles. The summed E-state index contributed by atoms with van der Waals surface area (Å²) in [4.78, 5) is 17.6. The highest BCUT2D eigenvalue weighted by Gasteiger charge is 2.09. The molecule has 28 heavy (non-hydrogen) atoms. The van der Waals surface area contributed by atoms with Gasteiger partial charge in [0.2, 0.25) is 5.91 Å². The first kappa shape index (κ1) is 17.9. The number of pyridine rings is 1. The highest BCUT2D eigenvalue weighted by molar-refractivity contribution is 5.96. The molecule has 0 aliphatic rings. The Balaban J connectivity index is 1.63. The van der Waals surface area contributed by atoms with E-state index < -0.39 is 0 Å². The maximum Gasteiger partial charge on any atom is 0.243 e. The maximum absolute atomic E-state index is 13.7. The first-order chi connectivity index (χ1) is 13.5. The van der Waals surface area contributed by atoms with Crippen LogP contribution in [0, 0.1) is 5.82 Å². The number of nitrogens with zero attached hydrogens (tertiary/aromatic N) is 4. The molecule has 0 saturated carbocycles. The average molecular weight is 374 g/mol. The van der Waals surface area contributed by atoms with Gasteiger partial charge in [-0.1, -0.05) is 24.3 Å². The van der Waals surface area contributed by atoms with E-state index in [1.54, 1.807) is 43.4 Å². The van der Waals surface area contributed by atoms with Gasteiger partial charge in [-0.15, -0.1) is 0 Å². The first-order valence-corrected chi connectivity index (χ1v) is 8.88. The van der Waals surface area contributed by atoms with E-state index in [0.717, 1.165) is 33.0 Å². The number of amides is 1. The zero-order valence-electron chi connectivity index (χ0n) is 15.6. The van der Waals surface area contributed by atoms with Crippen LogP contribution in [0.15, 0.2) is 67.3 Å². The normalized spacial score (nSPS) is 11.0. The van der Waals surface area contributed by atoms with Gasteiger partial charge in [0.1, 0.15) is 12.4 Å². The highest BCUT2D eigenvalue weighted by Crippen LogP contribution is 2.30. The summed E-state index contributed by atoms with van der Waals surface area (Å²) < 4.78 is 15.3. The van der Waals surface area contributed by atoms with Crippen molar-refractivity contribution in [3.8, 4) is 22.3 Å². The smallest absolute Gasteiger partial charge is 0.243 e. The van der Waals surface area contributed by atoms with Crippen LogP contribution in [0.3, 0.4) is 0 Å². The van der Waals surface area contributed by atoms with Crippen LogP contribution in [-0.2, 0) is 11.3 Å². The molecule has 0 aliphatic heterocycles. The van der Waals surface area contributed by atoms with Crippen LogP contribution < -0.4 is 0 Å². The molecule has 0 saturated heterocycles. The van der Waals surface area contributed by atoms with Crippen LogP contribution in [0.5, 0.6) is 0 Å². The predicted octanol–water partition coefficient (Wildman–Crippen LogP) is 3.99. The van der Waals surface area contributed by atoms with Crippen molar-refractivity contribution in [1.82, 2.24) is 19.7 Å². The molecule has 6 heteroatoms. The molecule has 0 N–H and O–H groups in total. The Labute approximate surface area is 162 Å². The van der Waals surface area contributed by atoms with Gasteiger partial charge in [-0.25, -0.2) is 4.39 Å². The van der Waals surface area contributed by atoms with E-state index in [2.05, 4.69) is 10.1 Å². The summed E-state index contributed by atoms with van der Waals surface area (Å²) in [6.07, 6.45) is 7.08. The topological polar surface area (TPSA) is 51.0 Å². The Morgan fingerprint density at radius 2 is 1.75 bits per heavy atom. The number of rotatable bonds is 4. The second-order valence-corrected chi connectivity index (χ2v) is 6.84. The fourth-order valence-electron chi connectivity index (χ4n) is 3.09. The average Bonchev–Trinajstić information content (AvgIpc) is 3.16. The van der Waals surface area contributed by atoms with Crippen LogP contribution >= 0.6 is 0 Å². The van der Waals surface area contributed by atoms with Gasteiger partial charge >= 0.3 is 0 Å². The third kappa shape index (κ3) is 3.49. The SMILES string of the molecule is CN(C)C(=O)Cn1cc(-c2ccc(-c3cncc4ccc(F)cc34)cc2)cn1. The molecule has 0 radical (unpaired) electrons. The van der Waals surface area contributed by atoms with E-state index in [1.807, 2.05) is 30.5 Å². The Morgan fingerprint density at radius 3 is 2.50 bits per heavy atom. The van der Waals surface area contributed by atoms with Gasteiger partial charge in [0, 0.05) is 49.2 Å². The van der Waals surface area contributed by atoms with Crippen molar-refractivity contribution >= 4 is 16.7 Å². The van der Waals surface area contributed by atoms with E-state index in [9.17, 15) is 9.18 Å². The van der Waals surface area contributed by atoms with Crippen molar-refractivity contribution < 1.29 is 9.18 Å². The summed E-state index contributed by atoms with van der Waals surface area (Å²) in [5.41, 5.74) is 3.77. The number of hydrogen-bond acceptors (Lipinski definition) is 3. The fourth-order valence-corrected chi connectivity index (χ4v) is 3.09. The molecule has 2 aromatic carbocycles. The largest absolute Gasteiger partial charge is 0.347 e. The molecule has 0 atom stereocenters. The predicted molar refractivity (Wildman–Crippen MR) is 107 cm³/mol. The number of fused-ring (bicyclic) bond motifs is 1. The fraction of sp³-hybridized carbons (Fsp3) is 0.136. The molecule has 140 valence electrons. The third-order valence-electron chi connectivity index (χ3n) is 4.68. The third-order valence-corrected chi connectivity index (χ3v) is 4.68. The zero-order valence-corrected chi connectivity index (χ0v) is 15.6. The highest BCUT2D eigenvalue weighted by atomic mass is 19.1. The molecule has 0 bridgehead atoms. The van der Waals surface area contributed by atoms with E-state index >= 15 is 0 Å². The van der Waals surface area contributed by atoms with Crippen molar-refractivity contribution in [1.29, 1.82) is 0 Å². The van der Waals surface area contributed by atoms with Crippen LogP contribution in [0.2, 0.25) is 0 Å². The lowest BCUT2D eigenvalue weighted by Gasteiger charge is -2.09. The Kier molecular flexibility index (Phi) is 4.61. The molecule has 2 heterocycles. The zero-order chi connectivity index (χ0) is 19.7. The number of hydrogen-bond donors (Lipinski definition) is 0. The number of halogens is 1. The summed E-state index contributed by atoms with van der Waals surface area (Å²) in [5, 5.41) is 5.99. The second-order valence-electron chi connectivity index (χ2n) is 6.84. The lowest BCUT2D eigenvalue weighted by atomic mass is 9.99. The minimum absolute atomic E-state index is 0.0133. The standard InChI is InChI=1S/C22H19FN4O/c1-26(2)22(28)14-27-13-18(11-25-27)15-3-5-16(6-4-15)21-12-24-10-17-7-8-19(23)9-20(17)21/h3-13H,14H2,1-2H3. The lowest BCUT2D eigenvalue weighted by Crippen LogP contribution is -2.26. The van der Waals surface area contributed by atoms with Gasteiger partial charge in [0.05, 0.1) is 6.20 Å². The summed E-state index contributed by atoms with van der Waals surface area (Å²) in [7, 11) is 3.44. The molecular formula is C22H19FN4O. The molecule has 0 spiro atoms. The van der Waals surface area contributed by atoms with Crippen LogP contribution in [0.1, 0.15) is 0 Å². The number of carbonyl (C=O) groups is 1. The molecule has 4 rings (SSSR count). The summed E-state index contributed by atoms with van der Waals surface area (Å²) in [6.45, 7) is 0.207. The van der Waals surface area contributed by atoms with E-state index in [-0.39, 0.29) is 18.3 Å². The van der Waals surface area contributed by atoms with Crippen molar-refractivity contribution in [2.75, 3.05) is 14.1 Å². The molecular weight excluding hydrogens is 355 g/mol. The summed E-state index contributed by atoms with van der Waals surface area (Å²) >= 11 is 0. The molecule has 0 unspecified atom stereocenters. The molecule has 2 aromatic heterocycles. The van der Waals surface area contributed by atoms with Crippen molar-refractivity contribution in [3.05, 3.63) is 73.1 Å².